The summed E-state index contributed by atoms with van der Waals surface area (Å²) in [5.41, 5.74) is 4.30. The van der Waals surface area contributed by atoms with Gasteiger partial charge in [0.2, 0.25) is 0 Å². The summed E-state index contributed by atoms with van der Waals surface area (Å²) < 4.78 is 0. The van der Waals surface area contributed by atoms with E-state index in [1.54, 1.807) is 6.92 Å². The molecular formula is C14H17N3O5. The molecule has 1 aromatic carbocycles. The number of aliphatic carboxylic acids is 1. The fourth-order valence-electron chi connectivity index (χ4n) is 2.60. The monoisotopic (exact) mass is 307 g/mol. The van der Waals surface area contributed by atoms with Gasteiger partial charge in [-0.05, 0) is 31.9 Å². The molecule has 0 aromatic heterocycles. The highest BCUT2D eigenvalue weighted by Crippen LogP contribution is 2.31. The van der Waals surface area contributed by atoms with Crippen LogP contribution in [0.2, 0.25) is 0 Å². The summed E-state index contributed by atoms with van der Waals surface area (Å²) >= 11 is 0. The molecule has 8 heteroatoms. The molecule has 0 aliphatic carbocycles. The number of nitro benzene ring substituents is 1. The number of rotatable bonds is 3. The van der Waals surface area contributed by atoms with E-state index >= 15 is 0 Å². The predicted octanol–water partition coefficient (Wildman–Crippen LogP) is 1.50. The third-order valence-corrected chi connectivity index (χ3v) is 3.97. The Labute approximate surface area is 126 Å². The number of nitro groups is 1. The first-order valence-electron chi connectivity index (χ1n) is 6.81. The molecule has 22 heavy (non-hydrogen) atoms. The van der Waals surface area contributed by atoms with Crippen molar-refractivity contribution in [1.82, 2.24) is 4.90 Å². The molecule has 0 saturated carbocycles. The fourth-order valence-corrected chi connectivity index (χ4v) is 2.60. The molecule has 1 fully saturated rings. The van der Waals surface area contributed by atoms with Crippen molar-refractivity contribution >= 4 is 23.3 Å². The smallest absolute Gasteiger partial charge is 0.311 e. The number of carboxylic acid groups (broad SMARTS) is 1. The van der Waals surface area contributed by atoms with Gasteiger partial charge in [0.1, 0.15) is 5.69 Å². The third kappa shape index (κ3) is 2.85. The molecule has 0 bridgehead atoms. The molecule has 1 aliphatic rings. The van der Waals surface area contributed by atoms with Gasteiger partial charge >= 0.3 is 5.97 Å². The lowest BCUT2D eigenvalue weighted by atomic mass is 9.82. The second-order valence-corrected chi connectivity index (χ2v) is 5.73. The van der Waals surface area contributed by atoms with Crippen LogP contribution >= 0.6 is 0 Å². The topological polar surface area (TPSA) is 127 Å². The normalized spacial score (nSPS) is 21.4. The molecule has 1 unspecified atom stereocenters. The minimum atomic E-state index is -0.992. The first kappa shape index (κ1) is 15.7. The molecular weight excluding hydrogens is 290 g/mol. The average Bonchev–Trinajstić information content (AvgIpc) is 2.46. The zero-order chi connectivity index (χ0) is 16.5. The fraction of sp³-hybridized carbons (Fsp3) is 0.429. The number of carboxylic acids is 1. The van der Waals surface area contributed by atoms with Gasteiger partial charge in [0.25, 0.3) is 11.6 Å². The van der Waals surface area contributed by atoms with Crippen molar-refractivity contribution in [3.63, 3.8) is 0 Å². The van der Waals surface area contributed by atoms with Gasteiger partial charge in [-0.2, -0.15) is 0 Å². The highest BCUT2D eigenvalue weighted by atomic mass is 16.6. The highest BCUT2D eigenvalue weighted by molar-refractivity contribution is 5.96. The van der Waals surface area contributed by atoms with Gasteiger partial charge in [0.05, 0.1) is 10.3 Å². The van der Waals surface area contributed by atoms with Crippen LogP contribution in [0, 0.1) is 15.5 Å². The van der Waals surface area contributed by atoms with Crippen LogP contribution in [0.25, 0.3) is 0 Å². The Morgan fingerprint density at radius 3 is 2.73 bits per heavy atom. The first-order chi connectivity index (χ1) is 10.2. The molecule has 3 N–H and O–H groups in total. The Hall–Kier alpha value is -2.64. The van der Waals surface area contributed by atoms with Crippen molar-refractivity contribution < 1.29 is 19.6 Å². The van der Waals surface area contributed by atoms with Crippen molar-refractivity contribution in [2.24, 2.45) is 5.41 Å². The van der Waals surface area contributed by atoms with E-state index in [9.17, 15) is 24.8 Å². The van der Waals surface area contributed by atoms with E-state index in [1.165, 1.54) is 17.0 Å². The van der Waals surface area contributed by atoms with Crippen LogP contribution < -0.4 is 5.73 Å². The van der Waals surface area contributed by atoms with Crippen molar-refractivity contribution in [3.8, 4) is 0 Å². The maximum Gasteiger partial charge on any atom is 0.311 e. The number of nitrogens with two attached hydrogens (primary N) is 1. The summed E-state index contributed by atoms with van der Waals surface area (Å²) in [5, 5.41) is 20.2. The molecule has 118 valence electrons. The Morgan fingerprint density at radius 1 is 1.45 bits per heavy atom. The largest absolute Gasteiger partial charge is 0.481 e. The minimum absolute atomic E-state index is 0.0180. The maximum atomic E-state index is 12.5. The maximum absolute atomic E-state index is 12.5. The van der Waals surface area contributed by atoms with Crippen molar-refractivity contribution in [2.45, 2.75) is 19.8 Å². The van der Waals surface area contributed by atoms with Gasteiger partial charge in [-0.15, -0.1) is 0 Å². The molecule has 8 nitrogen and oxygen atoms in total. The molecule has 1 saturated heterocycles. The second-order valence-electron chi connectivity index (χ2n) is 5.73. The van der Waals surface area contributed by atoms with Gasteiger partial charge in [0, 0.05) is 24.7 Å². The van der Waals surface area contributed by atoms with E-state index in [-0.39, 0.29) is 23.5 Å². The van der Waals surface area contributed by atoms with Crippen molar-refractivity contribution in [1.29, 1.82) is 0 Å². The lowest BCUT2D eigenvalue weighted by molar-refractivity contribution is -0.383. The molecule has 0 spiro atoms. The van der Waals surface area contributed by atoms with E-state index in [0.717, 1.165) is 6.07 Å². The van der Waals surface area contributed by atoms with Crippen LogP contribution in [0.1, 0.15) is 30.1 Å². The number of nitrogen functional groups attached to an aromatic ring is 1. The number of nitrogens with zero attached hydrogens (tertiary/aromatic N) is 2. The Balaban J connectivity index is 2.26. The van der Waals surface area contributed by atoms with Crippen LogP contribution in [0.3, 0.4) is 0 Å². The van der Waals surface area contributed by atoms with Crippen LogP contribution in [0.15, 0.2) is 18.2 Å². The SMILES string of the molecule is CC1(C(=O)O)CCCN(C(=O)c2ccc(N)c([N+](=O)[O-])c2)C1. The molecule has 1 aliphatic heterocycles. The van der Waals surface area contributed by atoms with Crippen molar-refractivity contribution in [2.75, 3.05) is 18.8 Å². The van der Waals surface area contributed by atoms with E-state index in [0.29, 0.717) is 19.4 Å². The quantitative estimate of drug-likeness (QED) is 0.495. The van der Waals surface area contributed by atoms with Crippen LogP contribution in [0.5, 0.6) is 0 Å². The van der Waals surface area contributed by atoms with Gasteiger partial charge in [-0.1, -0.05) is 0 Å². The van der Waals surface area contributed by atoms with Gasteiger partial charge in [0.15, 0.2) is 0 Å². The summed E-state index contributed by atoms with van der Waals surface area (Å²) in [7, 11) is 0. The molecule has 1 amide bonds. The van der Waals surface area contributed by atoms with Crippen LogP contribution in [-0.2, 0) is 4.79 Å². The lowest BCUT2D eigenvalue weighted by Crippen LogP contribution is -2.48. The van der Waals surface area contributed by atoms with E-state index in [2.05, 4.69) is 0 Å². The zero-order valence-electron chi connectivity index (χ0n) is 12.1. The Morgan fingerprint density at radius 2 is 2.14 bits per heavy atom. The summed E-state index contributed by atoms with van der Waals surface area (Å²) in [6.07, 6.45) is 1.07. The van der Waals surface area contributed by atoms with Gasteiger partial charge < -0.3 is 15.7 Å². The van der Waals surface area contributed by atoms with Crippen LogP contribution in [0.4, 0.5) is 11.4 Å². The minimum Gasteiger partial charge on any atom is -0.481 e. The predicted molar refractivity (Wildman–Crippen MR) is 78.4 cm³/mol. The number of carbonyl (C=O) groups is 2. The lowest BCUT2D eigenvalue weighted by Gasteiger charge is -2.37. The zero-order valence-corrected chi connectivity index (χ0v) is 12.1. The number of anilines is 1. The second kappa shape index (κ2) is 5.63. The summed E-state index contributed by atoms with van der Waals surface area (Å²) in [6.45, 7) is 2.11. The number of hydrogen-bond donors (Lipinski definition) is 2. The Bertz CT molecular complexity index is 645. The molecule has 2 rings (SSSR count). The third-order valence-electron chi connectivity index (χ3n) is 3.97. The molecule has 0 radical (unpaired) electrons. The summed E-state index contributed by atoms with van der Waals surface area (Å²) in [4.78, 5) is 35.5. The average molecular weight is 307 g/mol. The van der Waals surface area contributed by atoms with E-state index < -0.39 is 22.2 Å². The molecule has 1 heterocycles. The number of carbonyl (C=O) groups excluding carboxylic acids is 1. The van der Waals surface area contributed by atoms with Gasteiger partial charge in [-0.25, -0.2) is 0 Å². The standard InChI is InChI=1S/C14H17N3O5/c1-14(13(19)20)5-2-6-16(8-14)12(18)9-3-4-10(15)11(7-9)17(21)22/h3-4,7H,2,5-6,8,15H2,1H3,(H,19,20). The Kier molecular flexibility index (Phi) is 4.03. The van der Waals surface area contributed by atoms with E-state index in [1.807, 2.05) is 0 Å². The van der Waals surface area contributed by atoms with Crippen molar-refractivity contribution in [3.05, 3.63) is 33.9 Å². The summed E-state index contributed by atoms with van der Waals surface area (Å²) in [6, 6.07) is 3.85. The van der Waals surface area contributed by atoms with Crippen LogP contribution in [-0.4, -0.2) is 39.9 Å². The van der Waals surface area contributed by atoms with Gasteiger partial charge in [-0.3, -0.25) is 19.7 Å². The number of benzene rings is 1. The number of amides is 1. The first-order valence-corrected chi connectivity index (χ1v) is 6.81. The van der Waals surface area contributed by atoms with E-state index in [4.69, 9.17) is 5.73 Å². The highest BCUT2D eigenvalue weighted by Gasteiger charge is 2.39. The molecule has 1 atom stereocenters. The number of hydrogen-bond acceptors (Lipinski definition) is 5. The molecule has 1 aromatic rings. The summed E-state index contributed by atoms with van der Waals surface area (Å²) in [5.74, 6) is -1.37. The number of likely N-dealkylation sites (tertiary alicyclic amines) is 1. The number of piperidine rings is 1.